The highest BCUT2D eigenvalue weighted by Crippen LogP contribution is 2.61. The Morgan fingerprint density at radius 3 is 1.25 bits per heavy atom. The molecule has 0 N–H and O–H groups in total. The van der Waals surface area contributed by atoms with Gasteiger partial charge in [-0.1, -0.05) is 170 Å². The zero-order chi connectivity index (χ0) is 50.6. The summed E-state index contributed by atoms with van der Waals surface area (Å²) < 4.78 is 5.21. The average molecular weight is 1020 g/mol. The summed E-state index contributed by atoms with van der Waals surface area (Å²) in [5, 5.41) is 12.5. The molecule has 0 bridgehead atoms. The fraction of sp³-hybridized carbons (Fsp3) is 0.0137. The van der Waals surface area contributed by atoms with Crippen molar-refractivity contribution in [2.75, 3.05) is 9.80 Å². The normalized spacial score (nSPS) is 12.8. The average Bonchev–Trinajstić information content (AvgIpc) is 4.37. The third kappa shape index (κ3) is 6.72. The lowest BCUT2D eigenvalue weighted by atomic mass is 9.66. The van der Waals surface area contributed by atoms with Gasteiger partial charge in [-0.05, 0) is 175 Å². The van der Waals surface area contributed by atoms with Gasteiger partial charge in [0.15, 0.2) is 0 Å². The SMILES string of the molecule is c1ccc(N(c2ccc3cc4c(cc3c2)C(c2ccccc2)(c2ccccc2)c2c-4c3ccccc3c3cc(N(c4ccccc4)c4ccc5sc6ccccc6c5c4)ccc23)c2ccc3sc4ccccc4c3c2)cc1. The van der Waals surface area contributed by atoms with E-state index in [0.29, 0.717) is 0 Å². The first-order chi connectivity index (χ1) is 38.2. The van der Waals surface area contributed by atoms with Crippen LogP contribution in [0.2, 0.25) is 0 Å². The van der Waals surface area contributed by atoms with Crippen molar-refractivity contribution < 1.29 is 0 Å². The number of benzene rings is 13. The van der Waals surface area contributed by atoms with Gasteiger partial charge in [0.25, 0.3) is 0 Å². The largest absolute Gasteiger partial charge is 0.310 e. The first kappa shape index (κ1) is 44.0. The van der Waals surface area contributed by atoms with Crippen molar-refractivity contribution in [2.24, 2.45) is 0 Å². The molecule has 77 heavy (non-hydrogen) atoms. The lowest BCUT2D eigenvalue weighted by molar-refractivity contribution is 0.777. The monoisotopic (exact) mass is 1010 g/mol. The van der Waals surface area contributed by atoms with E-state index in [1.165, 1.54) is 106 Å². The molecule has 13 aromatic carbocycles. The Balaban J connectivity index is 0.951. The number of nitrogens with zero attached hydrogens (tertiary/aromatic N) is 2. The molecule has 16 rings (SSSR count). The fourth-order valence-electron chi connectivity index (χ4n) is 13.0. The van der Waals surface area contributed by atoms with E-state index in [1.54, 1.807) is 0 Å². The third-order valence-electron chi connectivity index (χ3n) is 16.2. The molecule has 2 aromatic heterocycles. The van der Waals surface area contributed by atoms with E-state index < -0.39 is 5.41 Å². The molecule has 0 aliphatic heterocycles. The maximum absolute atomic E-state index is 2.53. The summed E-state index contributed by atoms with van der Waals surface area (Å²) in [5.41, 5.74) is 13.7. The van der Waals surface area contributed by atoms with Crippen LogP contribution in [-0.2, 0) is 5.41 Å². The minimum Gasteiger partial charge on any atom is -0.310 e. The molecule has 0 radical (unpaired) electrons. The van der Waals surface area contributed by atoms with Gasteiger partial charge < -0.3 is 9.80 Å². The molecule has 0 unspecified atom stereocenters. The maximum atomic E-state index is 2.53. The molecule has 360 valence electrons. The molecule has 0 amide bonds. The van der Waals surface area contributed by atoms with Crippen LogP contribution in [0, 0.1) is 0 Å². The van der Waals surface area contributed by atoms with Crippen LogP contribution in [0.3, 0.4) is 0 Å². The zero-order valence-corrected chi connectivity index (χ0v) is 43.4. The second kappa shape index (κ2) is 17.4. The van der Waals surface area contributed by atoms with Crippen LogP contribution in [0.5, 0.6) is 0 Å². The molecule has 2 heterocycles. The van der Waals surface area contributed by atoms with Crippen LogP contribution in [0.25, 0.3) is 83.8 Å². The summed E-state index contributed by atoms with van der Waals surface area (Å²) in [6.07, 6.45) is 0. The van der Waals surface area contributed by atoms with Gasteiger partial charge in [-0.15, -0.1) is 22.7 Å². The topological polar surface area (TPSA) is 6.48 Å². The van der Waals surface area contributed by atoms with Crippen molar-refractivity contribution >= 4 is 129 Å². The lowest BCUT2D eigenvalue weighted by Gasteiger charge is -2.35. The van der Waals surface area contributed by atoms with E-state index in [-0.39, 0.29) is 0 Å². The van der Waals surface area contributed by atoms with Gasteiger partial charge in [0.05, 0.1) is 5.41 Å². The summed E-state index contributed by atoms with van der Waals surface area (Å²) in [4.78, 5) is 4.86. The summed E-state index contributed by atoms with van der Waals surface area (Å²) >= 11 is 3.72. The van der Waals surface area contributed by atoms with Gasteiger partial charge in [0.2, 0.25) is 0 Å². The van der Waals surface area contributed by atoms with E-state index in [1.807, 2.05) is 22.7 Å². The van der Waals surface area contributed by atoms with Crippen LogP contribution in [-0.4, -0.2) is 0 Å². The number of anilines is 6. The predicted molar refractivity (Wildman–Crippen MR) is 331 cm³/mol. The Hall–Kier alpha value is -9.32. The molecular weight excluding hydrogens is 969 g/mol. The molecular formula is C73H46N2S2. The van der Waals surface area contributed by atoms with E-state index in [4.69, 9.17) is 0 Å². The van der Waals surface area contributed by atoms with E-state index in [2.05, 4.69) is 289 Å². The number of hydrogen-bond donors (Lipinski definition) is 0. The molecule has 4 heteroatoms. The van der Waals surface area contributed by atoms with Crippen LogP contribution in [0.15, 0.2) is 279 Å². The molecule has 1 aliphatic carbocycles. The Morgan fingerprint density at radius 1 is 0.260 bits per heavy atom. The number of para-hydroxylation sites is 2. The number of rotatable bonds is 8. The molecule has 1 aliphatic rings. The van der Waals surface area contributed by atoms with Crippen molar-refractivity contribution in [3.63, 3.8) is 0 Å². The maximum Gasteiger partial charge on any atom is 0.0720 e. The summed E-state index contributed by atoms with van der Waals surface area (Å²) in [6, 6.07) is 104. The number of thiophene rings is 2. The quantitative estimate of drug-likeness (QED) is 0.140. The Labute approximate surface area is 454 Å². The standard InChI is InChI=1S/C73H46N2S2/c1-5-19-49(20-6-1)73(50-21-7-2-8-22-50)66-43-48-41-53(74(51-23-9-3-10-24-51)55-36-39-69-63(45-55)58-28-15-17-31-67(58)76-69)34-33-47(48)42-65(66)71-60-30-14-13-27-57(60)62-44-54(35-38-61(62)72(71)73)75(52-25-11-4-12-26-52)56-37-40-70-64(46-56)59-29-16-18-32-68(59)77-70/h1-46H. The molecule has 0 spiro atoms. The second-order valence-electron chi connectivity index (χ2n) is 20.3. The minimum absolute atomic E-state index is 0.671. The number of fused-ring (bicyclic) bond motifs is 15. The molecule has 0 fully saturated rings. The molecule has 0 atom stereocenters. The first-order valence-electron chi connectivity index (χ1n) is 26.4. The molecule has 0 saturated heterocycles. The summed E-state index contributed by atoms with van der Waals surface area (Å²) in [6.45, 7) is 0. The van der Waals surface area contributed by atoms with Crippen LogP contribution in [0.4, 0.5) is 34.1 Å². The van der Waals surface area contributed by atoms with Crippen LogP contribution < -0.4 is 9.80 Å². The Morgan fingerprint density at radius 2 is 0.688 bits per heavy atom. The third-order valence-corrected chi connectivity index (χ3v) is 18.5. The summed E-state index contributed by atoms with van der Waals surface area (Å²) in [7, 11) is 0. The van der Waals surface area contributed by atoms with Gasteiger partial charge in [-0.25, -0.2) is 0 Å². The van der Waals surface area contributed by atoms with Crippen molar-refractivity contribution in [3.8, 4) is 11.1 Å². The lowest BCUT2D eigenvalue weighted by Crippen LogP contribution is -2.29. The second-order valence-corrected chi connectivity index (χ2v) is 22.5. The van der Waals surface area contributed by atoms with Gasteiger partial charge in [0, 0.05) is 74.5 Å². The van der Waals surface area contributed by atoms with E-state index in [0.717, 1.165) is 34.1 Å². The molecule has 15 aromatic rings. The van der Waals surface area contributed by atoms with Gasteiger partial charge in [-0.3, -0.25) is 0 Å². The molecule has 2 nitrogen and oxygen atoms in total. The Bertz CT molecular complexity index is 4770. The van der Waals surface area contributed by atoms with Crippen molar-refractivity contribution in [1.29, 1.82) is 0 Å². The van der Waals surface area contributed by atoms with E-state index >= 15 is 0 Å². The van der Waals surface area contributed by atoms with Gasteiger partial charge in [0.1, 0.15) is 0 Å². The van der Waals surface area contributed by atoms with Crippen molar-refractivity contribution in [3.05, 3.63) is 301 Å². The first-order valence-corrected chi connectivity index (χ1v) is 28.0. The highest BCUT2D eigenvalue weighted by Gasteiger charge is 2.48. The predicted octanol–water partition coefficient (Wildman–Crippen LogP) is 21.2. The molecule has 0 saturated carbocycles. The van der Waals surface area contributed by atoms with Gasteiger partial charge >= 0.3 is 0 Å². The zero-order valence-electron chi connectivity index (χ0n) is 41.8. The smallest absolute Gasteiger partial charge is 0.0720 e. The fourth-order valence-corrected chi connectivity index (χ4v) is 15.1. The minimum atomic E-state index is -0.671. The van der Waals surface area contributed by atoms with Gasteiger partial charge in [-0.2, -0.15) is 0 Å². The van der Waals surface area contributed by atoms with E-state index in [9.17, 15) is 0 Å². The van der Waals surface area contributed by atoms with Crippen LogP contribution in [0.1, 0.15) is 22.3 Å². The van der Waals surface area contributed by atoms with Crippen LogP contribution >= 0.6 is 22.7 Å². The van der Waals surface area contributed by atoms with Crippen molar-refractivity contribution in [2.45, 2.75) is 5.41 Å². The number of hydrogen-bond acceptors (Lipinski definition) is 4. The highest BCUT2D eigenvalue weighted by molar-refractivity contribution is 7.26. The highest BCUT2D eigenvalue weighted by atomic mass is 32.1. The summed E-state index contributed by atoms with van der Waals surface area (Å²) in [5.74, 6) is 0. The van der Waals surface area contributed by atoms with Crippen molar-refractivity contribution in [1.82, 2.24) is 0 Å². The Kier molecular flexibility index (Phi) is 9.93.